The molecule has 9 heteroatoms. The Hall–Kier alpha value is -3.39. The first kappa shape index (κ1) is 18.9. The van der Waals surface area contributed by atoms with Crippen LogP contribution in [0.1, 0.15) is 28.1 Å². The quantitative estimate of drug-likeness (QED) is 0.505. The molecule has 3 aromatic rings. The minimum atomic E-state index is -0.253. The van der Waals surface area contributed by atoms with Gasteiger partial charge in [0.2, 0.25) is 5.95 Å². The molecule has 0 radical (unpaired) electrons. The van der Waals surface area contributed by atoms with Crippen molar-refractivity contribution in [2.24, 2.45) is 0 Å². The number of aromatic amines is 1. The van der Waals surface area contributed by atoms with Gasteiger partial charge in [0.1, 0.15) is 10.9 Å². The Labute approximate surface area is 172 Å². The molecule has 0 aliphatic carbocycles. The van der Waals surface area contributed by atoms with E-state index in [-0.39, 0.29) is 23.6 Å². The number of methoxy groups -OCH3 is 1. The minimum Gasteiger partial charge on any atom is -0.496 e. The Bertz CT molecular complexity index is 1140. The average Bonchev–Trinajstić information content (AvgIpc) is 3.27. The van der Waals surface area contributed by atoms with E-state index in [4.69, 9.17) is 22.1 Å². The standard InChI is InChI=1S/C20H19ClN6O2/c1-10-8-24-14(11(2)16(10)29-3)9-27-18-15(17(21)25-20(22)26-18)13(19(27)28)7-12-5-4-6-23-12/h4-8,23H,9H2,1-3H3,(H2,22,25,26). The highest BCUT2D eigenvalue weighted by Gasteiger charge is 2.37. The number of aryl methyl sites for hydroxylation is 1. The van der Waals surface area contributed by atoms with Gasteiger partial charge in [0.25, 0.3) is 5.91 Å². The third kappa shape index (κ3) is 3.21. The lowest BCUT2D eigenvalue weighted by atomic mass is 10.1. The van der Waals surface area contributed by atoms with E-state index in [0.717, 1.165) is 22.6 Å². The van der Waals surface area contributed by atoms with Crippen molar-refractivity contribution in [3.8, 4) is 5.75 Å². The van der Waals surface area contributed by atoms with Gasteiger partial charge in [-0.1, -0.05) is 11.6 Å². The number of aromatic nitrogens is 4. The summed E-state index contributed by atoms with van der Waals surface area (Å²) in [5.74, 6) is 0.853. The average molecular weight is 411 g/mol. The zero-order valence-electron chi connectivity index (χ0n) is 16.2. The molecule has 1 aliphatic rings. The molecule has 0 atom stereocenters. The first-order valence-electron chi connectivity index (χ1n) is 8.90. The molecule has 0 bridgehead atoms. The number of H-pyrrole nitrogens is 1. The molecule has 3 aromatic heterocycles. The number of nitrogens with one attached hydrogen (secondary N) is 1. The highest BCUT2D eigenvalue weighted by atomic mass is 35.5. The fourth-order valence-corrected chi connectivity index (χ4v) is 3.74. The van der Waals surface area contributed by atoms with Gasteiger partial charge in [-0.3, -0.25) is 14.7 Å². The summed E-state index contributed by atoms with van der Waals surface area (Å²) in [6.07, 6.45) is 5.22. The van der Waals surface area contributed by atoms with Crippen LogP contribution in [0.2, 0.25) is 5.15 Å². The smallest absolute Gasteiger partial charge is 0.260 e. The molecular weight excluding hydrogens is 392 g/mol. The molecule has 3 N–H and O–H groups in total. The maximum Gasteiger partial charge on any atom is 0.260 e. The summed E-state index contributed by atoms with van der Waals surface area (Å²) in [6.45, 7) is 4.03. The SMILES string of the molecule is COc1c(C)cnc(CN2C(=O)C(=Cc3ccc[nH]3)c3c(Cl)nc(N)nc32)c1C. The number of hydrogen-bond donors (Lipinski definition) is 2. The summed E-state index contributed by atoms with van der Waals surface area (Å²) < 4.78 is 5.48. The number of fused-ring (bicyclic) bond motifs is 1. The lowest BCUT2D eigenvalue weighted by molar-refractivity contribution is -0.113. The van der Waals surface area contributed by atoms with E-state index in [9.17, 15) is 4.79 Å². The molecule has 1 aliphatic heterocycles. The fourth-order valence-electron chi connectivity index (χ4n) is 3.46. The summed E-state index contributed by atoms with van der Waals surface area (Å²) >= 11 is 6.35. The van der Waals surface area contributed by atoms with Gasteiger partial charge in [0.05, 0.1) is 30.5 Å². The lowest BCUT2D eigenvalue weighted by Crippen LogP contribution is -2.27. The second kappa shape index (κ2) is 7.21. The highest BCUT2D eigenvalue weighted by molar-refractivity contribution is 6.41. The number of carbonyl (C=O) groups excluding carboxylic acids is 1. The van der Waals surface area contributed by atoms with Crippen LogP contribution < -0.4 is 15.4 Å². The van der Waals surface area contributed by atoms with Crippen LogP contribution in [0.15, 0.2) is 24.5 Å². The molecular formula is C20H19ClN6O2. The van der Waals surface area contributed by atoms with Gasteiger partial charge in [0, 0.05) is 29.2 Å². The van der Waals surface area contributed by atoms with Gasteiger partial charge in [-0.2, -0.15) is 4.98 Å². The van der Waals surface area contributed by atoms with E-state index in [1.807, 2.05) is 26.0 Å². The van der Waals surface area contributed by atoms with Gasteiger partial charge >= 0.3 is 0 Å². The van der Waals surface area contributed by atoms with Crippen molar-refractivity contribution in [3.63, 3.8) is 0 Å². The summed E-state index contributed by atoms with van der Waals surface area (Å²) in [4.78, 5) is 30.7. The largest absolute Gasteiger partial charge is 0.496 e. The van der Waals surface area contributed by atoms with Gasteiger partial charge in [-0.15, -0.1) is 0 Å². The zero-order valence-corrected chi connectivity index (χ0v) is 16.9. The van der Waals surface area contributed by atoms with E-state index in [1.54, 1.807) is 25.6 Å². The third-order valence-corrected chi connectivity index (χ3v) is 5.12. The Morgan fingerprint density at radius 1 is 1.34 bits per heavy atom. The number of amides is 1. The Kier molecular flexibility index (Phi) is 4.71. The summed E-state index contributed by atoms with van der Waals surface area (Å²) in [5, 5.41) is 0.132. The van der Waals surface area contributed by atoms with E-state index in [1.165, 1.54) is 4.90 Å². The number of nitrogens with zero attached hydrogens (tertiary/aromatic N) is 4. The second-order valence-electron chi connectivity index (χ2n) is 6.69. The minimum absolute atomic E-state index is 0.00107. The third-order valence-electron chi connectivity index (χ3n) is 4.84. The first-order valence-corrected chi connectivity index (χ1v) is 9.28. The number of pyridine rings is 1. The first-order chi connectivity index (χ1) is 13.9. The van der Waals surface area contributed by atoms with Crippen LogP contribution in [-0.4, -0.2) is 33.0 Å². The Morgan fingerprint density at radius 3 is 2.83 bits per heavy atom. The van der Waals surface area contributed by atoms with E-state index >= 15 is 0 Å². The molecule has 4 rings (SSSR count). The molecule has 29 heavy (non-hydrogen) atoms. The Morgan fingerprint density at radius 2 is 2.14 bits per heavy atom. The van der Waals surface area contributed by atoms with Crippen molar-refractivity contribution in [2.75, 3.05) is 17.7 Å². The molecule has 0 fully saturated rings. The number of ether oxygens (including phenoxy) is 1. The Balaban J connectivity index is 1.83. The number of hydrogen-bond acceptors (Lipinski definition) is 6. The molecule has 0 saturated heterocycles. The summed E-state index contributed by atoms with van der Waals surface area (Å²) in [6, 6.07) is 3.70. The van der Waals surface area contributed by atoms with E-state index < -0.39 is 0 Å². The van der Waals surface area contributed by atoms with Crippen molar-refractivity contribution in [2.45, 2.75) is 20.4 Å². The van der Waals surface area contributed by atoms with E-state index in [0.29, 0.717) is 22.6 Å². The van der Waals surface area contributed by atoms with Crippen molar-refractivity contribution in [3.05, 3.63) is 57.8 Å². The van der Waals surface area contributed by atoms with Crippen LogP contribution in [0.5, 0.6) is 5.75 Å². The number of nitrogen functional groups attached to an aromatic ring is 1. The maximum atomic E-state index is 13.3. The molecule has 0 unspecified atom stereocenters. The number of anilines is 2. The fraction of sp³-hybridized carbons (Fsp3) is 0.200. The molecule has 4 heterocycles. The van der Waals surface area contributed by atoms with Crippen LogP contribution in [0.4, 0.5) is 11.8 Å². The van der Waals surface area contributed by atoms with Gasteiger partial charge < -0.3 is 15.5 Å². The monoisotopic (exact) mass is 410 g/mol. The lowest BCUT2D eigenvalue weighted by Gasteiger charge is -2.19. The highest BCUT2D eigenvalue weighted by Crippen LogP contribution is 2.41. The van der Waals surface area contributed by atoms with Crippen LogP contribution in [-0.2, 0) is 11.3 Å². The van der Waals surface area contributed by atoms with Crippen LogP contribution in [0.25, 0.3) is 11.6 Å². The summed E-state index contributed by atoms with van der Waals surface area (Å²) in [7, 11) is 1.61. The molecule has 0 aromatic carbocycles. The molecule has 0 saturated carbocycles. The zero-order chi connectivity index (χ0) is 20.7. The number of rotatable bonds is 4. The van der Waals surface area contributed by atoms with E-state index in [2.05, 4.69) is 19.9 Å². The van der Waals surface area contributed by atoms with Crippen molar-refractivity contribution in [1.82, 2.24) is 19.9 Å². The van der Waals surface area contributed by atoms with Crippen LogP contribution in [0, 0.1) is 13.8 Å². The predicted molar refractivity (Wildman–Crippen MR) is 112 cm³/mol. The van der Waals surface area contributed by atoms with Crippen molar-refractivity contribution >= 4 is 40.9 Å². The molecule has 8 nitrogen and oxygen atoms in total. The summed E-state index contributed by atoms with van der Waals surface area (Å²) in [5.41, 5.74) is 9.89. The van der Waals surface area contributed by atoms with Gasteiger partial charge in [-0.05, 0) is 32.1 Å². The van der Waals surface area contributed by atoms with Crippen LogP contribution >= 0.6 is 11.6 Å². The van der Waals surface area contributed by atoms with Crippen molar-refractivity contribution < 1.29 is 9.53 Å². The van der Waals surface area contributed by atoms with Gasteiger partial charge in [-0.25, -0.2) is 4.98 Å². The maximum absolute atomic E-state index is 13.3. The number of halogens is 1. The predicted octanol–water partition coefficient (Wildman–Crippen LogP) is 3.15. The molecule has 1 amide bonds. The van der Waals surface area contributed by atoms with Gasteiger partial charge in [0.15, 0.2) is 5.82 Å². The normalized spacial score (nSPS) is 14.6. The number of nitrogens with two attached hydrogens (primary N) is 1. The second-order valence-corrected chi connectivity index (χ2v) is 7.05. The molecule has 148 valence electrons. The van der Waals surface area contributed by atoms with Crippen molar-refractivity contribution in [1.29, 1.82) is 0 Å². The van der Waals surface area contributed by atoms with Crippen LogP contribution in [0.3, 0.4) is 0 Å². The topological polar surface area (TPSA) is 110 Å². The number of carbonyl (C=O) groups is 1. The molecule has 0 spiro atoms.